The molecule has 0 saturated carbocycles. The van der Waals surface area contributed by atoms with Crippen molar-refractivity contribution < 1.29 is 19.0 Å². The highest BCUT2D eigenvalue weighted by Crippen LogP contribution is 2.34. The lowest BCUT2D eigenvalue weighted by Gasteiger charge is -2.37. The normalized spacial score (nSPS) is 29.6. The van der Waals surface area contributed by atoms with Crippen molar-refractivity contribution in [2.24, 2.45) is 0 Å². The molecule has 108 valence electrons. The van der Waals surface area contributed by atoms with Crippen molar-refractivity contribution in [3.63, 3.8) is 0 Å². The van der Waals surface area contributed by atoms with Gasteiger partial charge in [0.05, 0.1) is 18.8 Å². The van der Waals surface area contributed by atoms with E-state index in [1.54, 1.807) is 6.92 Å². The fourth-order valence-electron chi connectivity index (χ4n) is 2.93. The van der Waals surface area contributed by atoms with Crippen molar-refractivity contribution in [1.29, 1.82) is 0 Å². The summed E-state index contributed by atoms with van der Waals surface area (Å²) in [6, 6.07) is 7.39. The third-order valence-corrected chi connectivity index (χ3v) is 4.06. The van der Waals surface area contributed by atoms with Gasteiger partial charge in [-0.1, -0.05) is 12.1 Å². The van der Waals surface area contributed by atoms with Crippen LogP contribution < -0.4 is 4.74 Å². The zero-order valence-electron chi connectivity index (χ0n) is 11.8. The molecular formula is C16H20O4. The van der Waals surface area contributed by atoms with E-state index in [-0.39, 0.29) is 17.5 Å². The molecule has 2 fully saturated rings. The maximum absolute atomic E-state index is 11.4. The van der Waals surface area contributed by atoms with Crippen LogP contribution in [-0.4, -0.2) is 37.3 Å². The molecule has 0 radical (unpaired) electrons. The Balaban J connectivity index is 1.68. The van der Waals surface area contributed by atoms with E-state index in [0.717, 1.165) is 31.6 Å². The van der Waals surface area contributed by atoms with Crippen molar-refractivity contribution in [3.05, 3.63) is 29.8 Å². The van der Waals surface area contributed by atoms with Crippen LogP contribution in [0.25, 0.3) is 0 Å². The monoisotopic (exact) mass is 276 g/mol. The number of hydrogen-bond acceptors (Lipinski definition) is 4. The fourth-order valence-corrected chi connectivity index (χ4v) is 2.93. The van der Waals surface area contributed by atoms with Crippen molar-refractivity contribution >= 4 is 5.78 Å². The molecule has 0 bridgehead atoms. The second-order valence-electron chi connectivity index (χ2n) is 5.65. The van der Waals surface area contributed by atoms with Crippen LogP contribution in [0.15, 0.2) is 24.3 Å². The molecule has 1 spiro atoms. The summed E-state index contributed by atoms with van der Waals surface area (Å²) in [6.45, 7) is 3.71. The second kappa shape index (κ2) is 5.54. The highest BCUT2D eigenvalue weighted by Gasteiger charge is 2.41. The molecule has 2 heterocycles. The zero-order valence-corrected chi connectivity index (χ0v) is 11.8. The molecule has 4 heteroatoms. The summed E-state index contributed by atoms with van der Waals surface area (Å²) < 4.78 is 17.4. The van der Waals surface area contributed by atoms with Gasteiger partial charge in [-0.05, 0) is 19.1 Å². The molecule has 0 aliphatic carbocycles. The first-order valence-electron chi connectivity index (χ1n) is 7.16. The SMILES string of the molecule is CC(=O)c1cccc(OC2CCOC3(CCOC3)C2)c1. The van der Waals surface area contributed by atoms with E-state index in [1.807, 2.05) is 24.3 Å². The largest absolute Gasteiger partial charge is 0.490 e. The number of hydrogen-bond donors (Lipinski definition) is 0. The number of benzene rings is 1. The summed E-state index contributed by atoms with van der Waals surface area (Å²) in [6.07, 6.45) is 2.82. The lowest BCUT2D eigenvalue weighted by atomic mass is 9.91. The Labute approximate surface area is 119 Å². The van der Waals surface area contributed by atoms with E-state index in [4.69, 9.17) is 14.2 Å². The Morgan fingerprint density at radius 3 is 3.05 bits per heavy atom. The molecule has 20 heavy (non-hydrogen) atoms. The van der Waals surface area contributed by atoms with Crippen LogP contribution >= 0.6 is 0 Å². The van der Waals surface area contributed by atoms with Crippen LogP contribution in [0.4, 0.5) is 0 Å². The van der Waals surface area contributed by atoms with Gasteiger partial charge in [0.2, 0.25) is 0 Å². The number of ether oxygens (including phenoxy) is 3. The number of ketones is 1. The minimum Gasteiger partial charge on any atom is -0.490 e. The molecule has 2 aliphatic heterocycles. The predicted molar refractivity (Wildman–Crippen MR) is 74.2 cm³/mol. The van der Waals surface area contributed by atoms with Crippen molar-refractivity contribution in [1.82, 2.24) is 0 Å². The van der Waals surface area contributed by atoms with Crippen molar-refractivity contribution in [3.8, 4) is 5.75 Å². The number of carbonyl (C=O) groups excluding carboxylic acids is 1. The molecular weight excluding hydrogens is 256 g/mol. The first-order valence-corrected chi connectivity index (χ1v) is 7.16. The summed E-state index contributed by atoms with van der Waals surface area (Å²) in [7, 11) is 0. The molecule has 1 aromatic carbocycles. The molecule has 1 aromatic rings. The van der Waals surface area contributed by atoms with Gasteiger partial charge in [-0.15, -0.1) is 0 Å². The summed E-state index contributed by atoms with van der Waals surface area (Å²) >= 11 is 0. The van der Waals surface area contributed by atoms with E-state index in [0.29, 0.717) is 18.8 Å². The molecule has 2 atom stereocenters. The highest BCUT2D eigenvalue weighted by atomic mass is 16.6. The topological polar surface area (TPSA) is 44.8 Å². The Morgan fingerprint density at radius 1 is 1.40 bits per heavy atom. The molecule has 2 saturated heterocycles. The van der Waals surface area contributed by atoms with Crippen LogP contribution in [0.1, 0.15) is 36.5 Å². The summed E-state index contributed by atoms with van der Waals surface area (Å²) in [5.74, 6) is 0.821. The van der Waals surface area contributed by atoms with Gasteiger partial charge in [-0.3, -0.25) is 4.79 Å². The molecule has 2 aliphatic rings. The maximum atomic E-state index is 11.4. The van der Waals surface area contributed by atoms with Gasteiger partial charge in [0.25, 0.3) is 0 Å². The summed E-state index contributed by atoms with van der Waals surface area (Å²) in [5, 5.41) is 0. The highest BCUT2D eigenvalue weighted by molar-refractivity contribution is 5.94. The predicted octanol–water partition coefficient (Wildman–Crippen LogP) is 2.61. The van der Waals surface area contributed by atoms with E-state index in [2.05, 4.69) is 0 Å². The molecule has 3 rings (SSSR count). The van der Waals surface area contributed by atoms with Gasteiger partial charge in [-0.2, -0.15) is 0 Å². The van der Waals surface area contributed by atoms with E-state index in [9.17, 15) is 4.79 Å². The Morgan fingerprint density at radius 2 is 2.30 bits per heavy atom. The molecule has 0 N–H and O–H groups in total. The standard InChI is InChI=1S/C16H20O4/c1-12(17)13-3-2-4-14(9-13)20-15-5-7-19-16(10-15)6-8-18-11-16/h2-4,9,15H,5-8,10-11H2,1H3. The molecule has 0 amide bonds. The summed E-state index contributed by atoms with van der Waals surface area (Å²) in [5.41, 5.74) is 0.537. The van der Waals surface area contributed by atoms with Crippen LogP contribution in [0, 0.1) is 0 Å². The number of rotatable bonds is 3. The van der Waals surface area contributed by atoms with E-state index < -0.39 is 0 Å². The van der Waals surface area contributed by atoms with Crippen LogP contribution in [0.3, 0.4) is 0 Å². The van der Waals surface area contributed by atoms with E-state index in [1.165, 1.54) is 0 Å². The third kappa shape index (κ3) is 2.86. The van der Waals surface area contributed by atoms with Gasteiger partial charge in [0.1, 0.15) is 11.9 Å². The second-order valence-corrected chi connectivity index (χ2v) is 5.65. The van der Waals surface area contributed by atoms with Gasteiger partial charge in [-0.25, -0.2) is 0 Å². The molecule has 0 aromatic heterocycles. The lowest BCUT2D eigenvalue weighted by Crippen LogP contribution is -2.44. The number of Topliss-reactive ketones (excluding diaryl/α,β-unsaturated/α-hetero) is 1. The first-order chi connectivity index (χ1) is 9.67. The van der Waals surface area contributed by atoms with Gasteiger partial charge >= 0.3 is 0 Å². The van der Waals surface area contributed by atoms with Gasteiger partial charge < -0.3 is 14.2 Å². The zero-order chi connectivity index (χ0) is 14.0. The van der Waals surface area contributed by atoms with Gasteiger partial charge in [0.15, 0.2) is 5.78 Å². The quantitative estimate of drug-likeness (QED) is 0.796. The van der Waals surface area contributed by atoms with Crippen LogP contribution in [0.2, 0.25) is 0 Å². The fraction of sp³-hybridized carbons (Fsp3) is 0.562. The number of carbonyl (C=O) groups is 1. The average molecular weight is 276 g/mol. The minimum absolute atomic E-state index is 0.0584. The smallest absolute Gasteiger partial charge is 0.159 e. The summed E-state index contributed by atoms with van der Waals surface area (Å²) in [4.78, 5) is 11.4. The Hall–Kier alpha value is -1.39. The molecule has 2 unspecified atom stereocenters. The Kier molecular flexibility index (Phi) is 3.76. The van der Waals surface area contributed by atoms with Crippen molar-refractivity contribution in [2.45, 2.75) is 37.9 Å². The van der Waals surface area contributed by atoms with Crippen LogP contribution in [0.5, 0.6) is 5.75 Å². The Bertz CT molecular complexity index is 491. The average Bonchev–Trinajstić information content (AvgIpc) is 2.87. The maximum Gasteiger partial charge on any atom is 0.159 e. The van der Waals surface area contributed by atoms with Gasteiger partial charge in [0, 0.05) is 31.4 Å². The van der Waals surface area contributed by atoms with Crippen LogP contribution in [-0.2, 0) is 9.47 Å². The van der Waals surface area contributed by atoms with E-state index >= 15 is 0 Å². The lowest BCUT2D eigenvalue weighted by molar-refractivity contribution is -0.112. The van der Waals surface area contributed by atoms with Crippen molar-refractivity contribution in [2.75, 3.05) is 19.8 Å². The third-order valence-electron chi connectivity index (χ3n) is 4.06. The molecule has 4 nitrogen and oxygen atoms in total. The first kappa shape index (κ1) is 13.6. The minimum atomic E-state index is -0.152.